The lowest BCUT2D eigenvalue weighted by Gasteiger charge is -2.04. The van der Waals surface area contributed by atoms with Crippen molar-refractivity contribution >= 4 is 11.6 Å². The summed E-state index contributed by atoms with van der Waals surface area (Å²) < 4.78 is 17.4. The van der Waals surface area contributed by atoms with Crippen molar-refractivity contribution in [2.45, 2.75) is 0 Å². The number of phenolic OH excluding ortho intramolecular Hbond substituents is 1. The van der Waals surface area contributed by atoms with Crippen LogP contribution in [0.2, 0.25) is 0 Å². The van der Waals surface area contributed by atoms with Crippen LogP contribution < -0.4 is 5.32 Å². The highest BCUT2D eigenvalue weighted by atomic mass is 19.1. The number of aromatic nitrogens is 1. The summed E-state index contributed by atoms with van der Waals surface area (Å²) in [4.78, 5) is 11.6. The molecule has 0 aliphatic carbocycles. The first-order valence-electron chi connectivity index (χ1n) is 4.36. The predicted molar refractivity (Wildman–Crippen MR) is 52.5 cm³/mol. The number of halogens is 1. The van der Waals surface area contributed by atoms with Gasteiger partial charge in [-0.3, -0.25) is 4.79 Å². The zero-order valence-corrected chi connectivity index (χ0v) is 7.98. The molecule has 0 bridgehead atoms. The van der Waals surface area contributed by atoms with Gasteiger partial charge in [0.2, 0.25) is 0 Å². The van der Waals surface area contributed by atoms with Gasteiger partial charge in [0, 0.05) is 0 Å². The zero-order chi connectivity index (χ0) is 11.5. The average Bonchev–Trinajstić information content (AvgIpc) is 2.74. The van der Waals surface area contributed by atoms with Gasteiger partial charge in [-0.05, 0) is 18.2 Å². The molecule has 0 aliphatic rings. The number of rotatable bonds is 2. The van der Waals surface area contributed by atoms with E-state index in [-0.39, 0.29) is 11.3 Å². The fraction of sp³-hybridized carbons (Fsp3) is 0. The maximum atomic E-state index is 12.9. The van der Waals surface area contributed by atoms with Gasteiger partial charge in [0.05, 0.1) is 11.8 Å². The summed E-state index contributed by atoms with van der Waals surface area (Å²) in [6.07, 6.45) is 2.50. The molecule has 6 heteroatoms. The first kappa shape index (κ1) is 10.2. The van der Waals surface area contributed by atoms with Crippen molar-refractivity contribution in [2.24, 2.45) is 0 Å². The summed E-state index contributed by atoms with van der Waals surface area (Å²) in [7, 11) is 0. The number of hydrogen-bond donors (Lipinski definition) is 2. The van der Waals surface area contributed by atoms with Crippen molar-refractivity contribution in [2.75, 3.05) is 5.32 Å². The van der Waals surface area contributed by atoms with E-state index in [9.17, 15) is 14.3 Å². The summed E-state index contributed by atoms with van der Waals surface area (Å²) in [6.45, 7) is 0. The molecule has 0 radical (unpaired) electrons. The van der Waals surface area contributed by atoms with Crippen LogP contribution in [0, 0.1) is 5.82 Å². The quantitative estimate of drug-likeness (QED) is 0.811. The zero-order valence-electron chi connectivity index (χ0n) is 7.98. The Bertz CT molecular complexity index is 511. The first-order valence-corrected chi connectivity index (χ1v) is 4.36. The normalized spacial score (nSPS) is 10.1. The van der Waals surface area contributed by atoms with E-state index in [1.807, 2.05) is 0 Å². The van der Waals surface area contributed by atoms with E-state index in [4.69, 9.17) is 0 Å². The van der Waals surface area contributed by atoms with Crippen molar-refractivity contribution in [3.63, 3.8) is 0 Å². The molecule has 1 heterocycles. The second-order valence-corrected chi connectivity index (χ2v) is 3.03. The van der Waals surface area contributed by atoms with Crippen LogP contribution in [0.1, 0.15) is 10.4 Å². The lowest BCUT2D eigenvalue weighted by atomic mass is 10.2. The molecule has 1 aromatic carbocycles. The van der Waals surface area contributed by atoms with Crippen LogP contribution in [0.4, 0.5) is 10.1 Å². The second-order valence-electron chi connectivity index (χ2n) is 3.03. The average molecular weight is 222 g/mol. The monoisotopic (exact) mass is 222 g/mol. The summed E-state index contributed by atoms with van der Waals surface area (Å²) >= 11 is 0. The summed E-state index contributed by atoms with van der Waals surface area (Å²) in [5.41, 5.74) is 0.176. The molecule has 0 atom stereocenters. The van der Waals surface area contributed by atoms with E-state index < -0.39 is 11.7 Å². The Kier molecular flexibility index (Phi) is 2.55. The predicted octanol–water partition coefficient (Wildman–Crippen LogP) is 1.77. The molecule has 1 amide bonds. The van der Waals surface area contributed by atoms with Gasteiger partial charge in [-0.1, -0.05) is 5.16 Å². The topological polar surface area (TPSA) is 75.4 Å². The smallest absolute Gasteiger partial charge is 0.259 e. The standard InChI is InChI=1S/C10H7FN2O3/c11-6-1-2-9(14)8(3-6)10(15)13-7-4-12-16-5-7/h1-5,14H,(H,13,15). The highest BCUT2D eigenvalue weighted by Crippen LogP contribution is 2.19. The minimum Gasteiger partial charge on any atom is -0.507 e. The largest absolute Gasteiger partial charge is 0.507 e. The van der Waals surface area contributed by atoms with Crippen LogP contribution in [0.3, 0.4) is 0 Å². The number of aromatic hydroxyl groups is 1. The summed E-state index contributed by atoms with van der Waals surface area (Å²) in [5, 5.41) is 15.1. The van der Waals surface area contributed by atoms with E-state index in [0.717, 1.165) is 18.2 Å². The third-order valence-electron chi connectivity index (χ3n) is 1.89. The SMILES string of the molecule is O=C(Nc1cnoc1)c1cc(F)ccc1O. The molecule has 0 saturated carbocycles. The Morgan fingerprint density at radius 3 is 3.00 bits per heavy atom. The minimum atomic E-state index is -0.639. The van der Waals surface area contributed by atoms with Crippen molar-refractivity contribution < 1.29 is 18.8 Å². The van der Waals surface area contributed by atoms with Gasteiger partial charge < -0.3 is 14.9 Å². The Hall–Kier alpha value is -2.37. The van der Waals surface area contributed by atoms with Gasteiger partial charge >= 0.3 is 0 Å². The molecule has 82 valence electrons. The number of nitrogens with one attached hydrogen (secondary N) is 1. The summed E-state index contributed by atoms with van der Waals surface area (Å²) in [5.74, 6) is -1.54. The Morgan fingerprint density at radius 2 is 2.31 bits per heavy atom. The molecule has 0 fully saturated rings. The highest BCUT2D eigenvalue weighted by Gasteiger charge is 2.12. The van der Waals surface area contributed by atoms with Crippen LogP contribution in [-0.2, 0) is 0 Å². The van der Waals surface area contributed by atoms with Crippen molar-refractivity contribution in [3.05, 3.63) is 42.0 Å². The lowest BCUT2D eigenvalue weighted by molar-refractivity contribution is 0.102. The number of hydrogen-bond acceptors (Lipinski definition) is 4. The lowest BCUT2D eigenvalue weighted by Crippen LogP contribution is -2.11. The number of phenols is 1. The van der Waals surface area contributed by atoms with E-state index in [1.165, 1.54) is 12.5 Å². The van der Waals surface area contributed by atoms with Gasteiger partial charge in [0.15, 0.2) is 0 Å². The molecule has 16 heavy (non-hydrogen) atoms. The molecule has 2 N–H and O–H groups in total. The van der Waals surface area contributed by atoms with Gasteiger partial charge in [0.25, 0.3) is 5.91 Å². The van der Waals surface area contributed by atoms with Crippen LogP contribution in [0.15, 0.2) is 35.2 Å². The van der Waals surface area contributed by atoms with Gasteiger partial charge in [-0.25, -0.2) is 4.39 Å². The van der Waals surface area contributed by atoms with Gasteiger partial charge in [-0.2, -0.15) is 0 Å². The van der Waals surface area contributed by atoms with E-state index >= 15 is 0 Å². The fourth-order valence-electron chi connectivity index (χ4n) is 1.16. The number of nitrogens with zero attached hydrogens (tertiary/aromatic N) is 1. The molecule has 0 saturated heterocycles. The van der Waals surface area contributed by atoms with Gasteiger partial charge in [0.1, 0.15) is 23.5 Å². The molecule has 0 aliphatic heterocycles. The van der Waals surface area contributed by atoms with Crippen molar-refractivity contribution in [1.82, 2.24) is 5.16 Å². The highest BCUT2D eigenvalue weighted by molar-refractivity contribution is 6.05. The second kappa shape index (κ2) is 4.01. The van der Waals surface area contributed by atoms with E-state index in [1.54, 1.807) is 0 Å². The molecule has 0 unspecified atom stereocenters. The molecular formula is C10H7FN2O3. The number of carbonyl (C=O) groups excluding carboxylic acids is 1. The molecule has 2 aromatic rings. The van der Waals surface area contributed by atoms with E-state index in [0.29, 0.717) is 5.69 Å². The molecule has 5 nitrogen and oxygen atoms in total. The number of amides is 1. The number of anilines is 1. The molecular weight excluding hydrogens is 215 g/mol. The van der Waals surface area contributed by atoms with Crippen LogP contribution in [-0.4, -0.2) is 16.2 Å². The van der Waals surface area contributed by atoms with Crippen molar-refractivity contribution in [3.8, 4) is 5.75 Å². The van der Waals surface area contributed by atoms with E-state index in [2.05, 4.69) is 15.0 Å². The molecule has 2 rings (SSSR count). The Labute approximate surface area is 89.5 Å². The van der Waals surface area contributed by atoms with Crippen LogP contribution >= 0.6 is 0 Å². The summed E-state index contributed by atoms with van der Waals surface area (Å²) in [6, 6.07) is 3.11. The maximum Gasteiger partial charge on any atom is 0.259 e. The number of benzene rings is 1. The van der Waals surface area contributed by atoms with Gasteiger partial charge in [-0.15, -0.1) is 0 Å². The van der Waals surface area contributed by atoms with Crippen LogP contribution in [0.25, 0.3) is 0 Å². The minimum absolute atomic E-state index is 0.152. The van der Waals surface area contributed by atoms with Crippen molar-refractivity contribution in [1.29, 1.82) is 0 Å². The Balaban J connectivity index is 2.24. The molecule has 0 spiro atoms. The van der Waals surface area contributed by atoms with Crippen LogP contribution in [0.5, 0.6) is 5.75 Å². The maximum absolute atomic E-state index is 12.9. The third kappa shape index (κ3) is 2.00. The number of carbonyl (C=O) groups is 1. The fourth-order valence-corrected chi connectivity index (χ4v) is 1.16. The molecule has 1 aromatic heterocycles. The first-order chi connectivity index (χ1) is 7.66. The Morgan fingerprint density at radius 1 is 1.50 bits per heavy atom. The third-order valence-corrected chi connectivity index (χ3v) is 1.89.